The fraction of sp³-hybridized carbons (Fsp3) is 0.621. The van der Waals surface area contributed by atoms with Crippen LogP contribution < -0.4 is 0 Å². The van der Waals surface area contributed by atoms with Crippen molar-refractivity contribution in [2.75, 3.05) is 6.61 Å². The van der Waals surface area contributed by atoms with Crippen LogP contribution in [-0.2, 0) is 23.8 Å². The van der Waals surface area contributed by atoms with E-state index in [-0.39, 0.29) is 30.6 Å². The molecule has 10 heteroatoms. The molecule has 4 aliphatic rings. The number of Topliss-reactive ketones (excluding diaryl/α,β-unsaturated/α-hetero) is 1. The van der Waals surface area contributed by atoms with Gasteiger partial charge in [-0.25, -0.2) is 4.79 Å². The molecule has 1 unspecified atom stereocenters. The van der Waals surface area contributed by atoms with Crippen molar-refractivity contribution in [3.8, 4) is 0 Å². The normalized spacial score (nSPS) is 42.7. The SMILES string of the molecule is CC(=O)O[C@@]12CO[C@@H]1C[C@H](O)[C@]1(C)C(=O)[C@H](O)C3=C(C)[C@@H](O)C[C@@](O)([C@@H](OC(=O)c4ccccc4)C21)C3(C)C. The second-order valence-corrected chi connectivity index (χ2v) is 12.2. The molecular formula is C29H36O10. The summed E-state index contributed by atoms with van der Waals surface area (Å²) in [4.78, 5) is 40.3. The highest BCUT2D eigenvalue weighted by molar-refractivity contribution is 5.94. The second-order valence-electron chi connectivity index (χ2n) is 12.2. The summed E-state index contributed by atoms with van der Waals surface area (Å²) in [6.45, 7) is 7.29. The second kappa shape index (κ2) is 8.94. The smallest absolute Gasteiger partial charge is 0.338 e. The Balaban J connectivity index is 1.81. The molecule has 2 saturated carbocycles. The number of ether oxygens (including phenoxy) is 3. The number of carbonyl (C=O) groups excluding carboxylic acids is 3. The molecule has 1 aromatic carbocycles. The molecule has 1 aliphatic heterocycles. The minimum absolute atomic E-state index is 0.0828. The topological polar surface area (TPSA) is 160 Å². The summed E-state index contributed by atoms with van der Waals surface area (Å²) in [6, 6.07) is 8.08. The van der Waals surface area contributed by atoms with Gasteiger partial charge in [-0.2, -0.15) is 0 Å². The predicted molar refractivity (Wildman–Crippen MR) is 135 cm³/mol. The van der Waals surface area contributed by atoms with Gasteiger partial charge in [0.1, 0.15) is 23.9 Å². The van der Waals surface area contributed by atoms with E-state index < -0.39 is 76.2 Å². The highest BCUT2D eigenvalue weighted by atomic mass is 16.6. The molecule has 1 aromatic rings. The zero-order valence-corrected chi connectivity index (χ0v) is 22.7. The van der Waals surface area contributed by atoms with Crippen molar-refractivity contribution >= 4 is 17.7 Å². The van der Waals surface area contributed by atoms with E-state index in [1.807, 2.05) is 0 Å². The summed E-state index contributed by atoms with van der Waals surface area (Å²) in [5, 5.41) is 46.7. The monoisotopic (exact) mass is 544 g/mol. The largest absolute Gasteiger partial charge is 0.455 e. The van der Waals surface area contributed by atoms with E-state index in [2.05, 4.69) is 0 Å². The van der Waals surface area contributed by atoms with Crippen molar-refractivity contribution in [1.82, 2.24) is 0 Å². The van der Waals surface area contributed by atoms with Crippen molar-refractivity contribution < 1.29 is 49.0 Å². The van der Waals surface area contributed by atoms with Crippen LogP contribution in [0.2, 0.25) is 0 Å². The van der Waals surface area contributed by atoms with Crippen LogP contribution >= 0.6 is 0 Å². The first-order chi connectivity index (χ1) is 18.1. The molecule has 0 aromatic heterocycles. The van der Waals surface area contributed by atoms with Gasteiger partial charge in [-0.05, 0) is 37.1 Å². The maximum absolute atomic E-state index is 14.3. The van der Waals surface area contributed by atoms with Crippen LogP contribution in [0.1, 0.15) is 57.8 Å². The first-order valence-electron chi connectivity index (χ1n) is 13.2. The molecule has 0 radical (unpaired) electrons. The average Bonchev–Trinajstić information content (AvgIpc) is 2.87. The molecule has 10 nitrogen and oxygen atoms in total. The summed E-state index contributed by atoms with van der Waals surface area (Å²) in [5.74, 6) is -3.60. The lowest BCUT2D eigenvalue weighted by Gasteiger charge is -2.67. The minimum Gasteiger partial charge on any atom is -0.455 e. The summed E-state index contributed by atoms with van der Waals surface area (Å²) in [6.07, 6.45) is -7.26. The van der Waals surface area contributed by atoms with Gasteiger partial charge in [0, 0.05) is 25.2 Å². The molecule has 39 heavy (non-hydrogen) atoms. The number of aliphatic hydroxyl groups excluding tert-OH is 3. The van der Waals surface area contributed by atoms with Crippen molar-refractivity contribution in [3.05, 3.63) is 47.0 Å². The molecule has 9 atom stereocenters. The van der Waals surface area contributed by atoms with Crippen molar-refractivity contribution in [1.29, 1.82) is 0 Å². The van der Waals surface area contributed by atoms with Gasteiger partial charge in [-0.15, -0.1) is 0 Å². The van der Waals surface area contributed by atoms with Crippen molar-refractivity contribution in [2.24, 2.45) is 16.7 Å². The van der Waals surface area contributed by atoms with Gasteiger partial charge < -0.3 is 34.6 Å². The summed E-state index contributed by atoms with van der Waals surface area (Å²) >= 11 is 0. The van der Waals surface area contributed by atoms with Crippen LogP contribution in [0.25, 0.3) is 0 Å². The number of hydrogen-bond donors (Lipinski definition) is 4. The summed E-state index contributed by atoms with van der Waals surface area (Å²) in [7, 11) is 0. The number of ketones is 1. The van der Waals surface area contributed by atoms with Gasteiger partial charge in [-0.1, -0.05) is 32.0 Å². The Hall–Kier alpha value is -2.63. The standard InChI is InChI=1S/C29H36O10/c1-14-17(31)12-29(36)24(38-25(35)16-9-7-6-8-10-16)22-27(5,23(34)21(33)20(14)26(29,3)4)18(32)11-19-28(22,13-37-19)39-15(2)30/h6-10,17-19,21-22,24,31-33,36H,11-13H2,1-5H3/t17-,18-,19+,21+,22?,24-,27-,28-,29+/m0/s1. The van der Waals surface area contributed by atoms with Gasteiger partial charge in [0.2, 0.25) is 0 Å². The first-order valence-corrected chi connectivity index (χ1v) is 13.2. The van der Waals surface area contributed by atoms with E-state index in [4.69, 9.17) is 14.2 Å². The average molecular weight is 545 g/mol. The zero-order valence-electron chi connectivity index (χ0n) is 22.7. The molecule has 1 heterocycles. The lowest BCUT2D eigenvalue weighted by molar-refractivity contribution is -0.345. The Morgan fingerprint density at radius 2 is 1.72 bits per heavy atom. The van der Waals surface area contributed by atoms with Crippen LogP contribution in [0, 0.1) is 16.7 Å². The Kier molecular flexibility index (Phi) is 6.40. The van der Waals surface area contributed by atoms with Gasteiger partial charge >= 0.3 is 11.9 Å². The fourth-order valence-electron chi connectivity index (χ4n) is 7.66. The molecule has 2 bridgehead atoms. The van der Waals surface area contributed by atoms with Gasteiger partial charge in [0.05, 0.1) is 35.7 Å². The van der Waals surface area contributed by atoms with Gasteiger partial charge in [0.25, 0.3) is 0 Å². The quantitative estimate of drug-likeness (QED) is 0.320. The van der Waals surface area contributed by atoms with Crippen molar-refractivity contribution in [3.63, 3.8) is 0 Å². The highest BCUT2D eigenvalue weighted by Gasteiger charge is 2.77. The molecule has 212 valence electrons. The molecule has 0 spiro atoms. The van der Waals surface area contributed by atoms with E-state index >= 15 is 0 Å². The molecule has 5 rings (SSSR count). The van der Waals surface area contributed by atoms with E-state index in [0.717, 1.165) is 0 Å². The lowest BCUT2D eigenvalue weighted by atomic mass is 9.44. The minimum atomic E-state index is -2.07. The van der Waals surface area contributed by atoms with Gasteiger partial charge in [0.15, 0.2) is 11.4 Å². The van der Waals surface area contributed by atoms with Crippen LogP contribution in [0.4, 0.5) is 0 Å². The number of fused-ring (bicyclic) bond motifs is 5. The maximum Gasteiger partial charge on any atom is 0.338 e. The number of benzene rings is 1. The number of aliphatic hydroxyl groups is 4. The molecular weight excluding hydrogens is 508 g/mol. The third-order valence-corrected chi connectivity index (χ3v) is 9.95. The molecule has 0 amide bonds. The number of hydrogen-bond acceptors (Lipinski definition) is 10. The van der Waals surface area contributed by atoms with E-state index in [1.54, 1.807) is 39.0 Å². The van der Waals surface area contributed by atoms with Crippen LogP contribution in [0.3, 0.4) is 0 Å². The number of carbonyl (C=O) groups is 3. The van der Waals surface area contributed by atoms with E-state index in [0.29, 0.717) is 5.57 Å². The zero-order chi connectivity index (χ0) is 28.7. The maximum atomic E-state index is 14.3. The Labute approximate surface area is 226 Å². The molecule has 1 saturated heterocycles. The first kappa shape index (κ1) is 27.9. The van der Waals surface area contributed by atoms with E-state index in [9.17, 15) is 34.8 Å². The number of rotatable bonds is 3. The number of esters is 2. The van der Waals surface area contributed by atoms with Crippen molar-refractivity contribution in [2.45, 2.75) is 89.2 Å². The lowest BCUT2D eigenvalue weighted by Crippen LogP contribution is -2.81. The van der Waals surface area contributed by atoms with Crippen LogP contribution in [-0.4, -0.2) is 86.5 Å². The summed E-state index contributed by atoms with van der Waals surface area (Å²) in [5.41, 5.74) is -6.24. The van der Waals surface area contributed by atoms with E-state index in [1.165, 1.54) is 26.0 Å². The molecule has 3 fully saturated rings. The third kappa shape index (κ3) is 3.62. The molecule has 3 aliphatic carbocycles. The van der Waals surface area contributed by atoms with Gasteiger partial charge in [-0.3, -0.25) is 9.59 Å². The summed E-state index contributed by atoms with van der Waals surface area (Å²) < 4.78 is 17.7. The Morgan fingerprint density at radius 1 is 1.08 bits per heavy atom. The fourth-order valence-corrected chi connectivity index (χ4v) is 7.66. The predicted octanol–water partition coefficient (Wildman–Crippen LogP) is 1.08. The molecule has 4 N–H and O–H groups in total. The highest BCUT2D eigenvalue weighted by Crippen LogP contribution is 2.63. The third-order valence-electron chi connectivity index (χ3n) is 9.95. The Morgan fingerprint density at radius 3 is 2.28 bits per heavy atom. The van der Waals surface area contributed by atoms with Crippen LogP contribution in [0.15, 0.2) is 41.5 Å². The van der Waals surface area contributed by atoms with Crippen LogP contribution in [0.5, 0.6) is 0 Å². The Bertz CT molecular complexity index is 1240.